The van der Waals surface area contributed by atoms with Gasteiger partial charge in [0, 0.05) is 22.8 Å². The van der Waals surface area contributed by atoms with E-state index >= 15 is 0 Å². The zero-order valence-electron chi connectivity index (χ0n) is 8.09. The van der Waals surface area contributed by atoms with E-state index in [0.717, 1.165) is 18.4 Å². The predicted octanol–water partition coefficient (Wildman–Crippen LogP) is 2.31. The van der Waals surface area contributed by atoms with Gasteiger partial charge in [-0.1, -0.05) is 0 Å². The van der Waals surface area contributed by atoms with E-state index in [1.165, 1.54) is 4.88 Å². The average Bonchev–Trinajstić information content (AvgIpc) is 2.87. The van der Waals surface area contributed by atoms with Gasteiger partial charge in [-0.2, -0.15) is 0 Å². The Bertz CT molecular complexity index is 486. The van der Waals surface area contributed by atoms with Crippen LogP contribution in [0.3, 0.4) is 0 Å². The molecule has 1 atom stereocenters. The molecule has 1 aliphatic rings. The maximum atomic E-state index is 12.1. The van der Waals surface area contributed by atoms with E-state index in [4.69, 9.17) is 0 Å². The van der Waals surface area contributed by atoms with Crippen molar-refractivity contribution in [1.82, 2.24) is 9.55 Å². The number of carbonyl (C=O) groups is 1. The molecule has 0 fully saturated rings. The van der Waals surface area contributed by atoms with Crippen LogP contribution in [0.2, 0.25) is 0 Å². The van der Waals surface area contributed by atoms with Crippen molar-refractivity contribution < 1.29 is 4.79 Å². The molecule has 0 N–H and O–H groups in total. The largest absolute Gasteiger partial charge is 0.327 e. The Kier molecular flexibility index (Phi) is 1.95. The molecule has 0 aromatic carbocycles. The van der Waals surface area contributed by atoms with Crippen LogP contribution < -0.4 is 0 Å². The van der Waals surface area contributed by atoms with Gasteiger partial charge < -0.3 is 4.57 Å². The normalized spacial score (nSPS) is 20.3. The number of hydrogen-bond donors (Lipinski definition) is 0. The Morgan fingerprint density at radius 1 is 1.53 bits per heavy atom. The molecular formula is C11H10N2OS. The first-order chi connectivity index (χ1) is 7.36. The average molecular weight is 218 g/mol. The number of rotatable bonds is 1. The first kappa shape index (κ1) is 8.85. The van der Waals surface area contributed by atoms with Crippen LogP contribution in [-0.4, -0.2) is 15.3 Å². The Balaban J connectivity index is 2.00. The zero-order valence-corrected chi connectivity index (χ0v) is 8.91. The number of carbonyl (C=O) groups excluding carboxylic acids is 1. The summed E-state index contributed by atoms with van der Waals surface area (Å²) in [7, 11) is 0. The highest BCUT2D eigenvalue weighted by Crippen LogP contribution is 2.31. The van der Waals surface area contributed by atoms with Crippen molar-refractivity contribution >= 4 is 17.1 Å². The minimum Gasteiger partial charge on any atom is -0.327 e. The van der Waals surface area contributed by atoms with Crippen molar-refractivity contribution in [3.8, 4) is 0 Å². The van der Waals surface area contributed by atoms with E-state index in [-0.39, 0.29) is 11.8 Å². The monoisotopic (exact) mass is 218 g/mol. The van der Waals surface area contributed by atoms with Gasteiger partial charge >= 0.3 is 0 Å². The summed E-state index contributed by atoms with van der Waals surface area (Å²) in [6, 6.07) is 1.89. The first-order valence-electron chi connectivity index (χ1n) is 4.94. The van der Waals surface area contributed by atoms with E-state index in [1.807, 2.05) is 22.2 Å². The Hall–Kier alpha value is -1.42. The molecule has 4 heteroatoms. The maximum Gasteiger partial charge on any atom is 0.186 e. The van der Waals surface area contributed by atoms with E-state index in [0.29, 0.717) is 0 Å². The molecule has 1 aliphatic carbocycles. The van der Waals surface area contributed by atoms with Gasteiger partial charge in [-0.25, -0.2) is 4.98 Å². The molecule has 3 nitrogen and oxygen atoms in total. The molecule has 0 bridgehead atoms. The summed E-state index contributed by atoms with van der Waals surface area (Å²) in [6.07, 6.45) is 7.20. The maximum absolute atomic E-state index is 12.1. The lowest BCUT2D eigenvalue weighted by Gasteiger charge is -2.21. The smallest absolute Gasteiger partial charge is 0.186 e. The fourth-order valence-electron chi connectivity index (χ4n) is 2.07. The molecule has 76 valence electrons. The van der Waals surface area contributed by atoms with Crippen LogP contribution in [0.5, 0.6) is 0 Å². The number of fused-ring (bicyclic) bond motifs is 1. The molecule has 0 radical (unpaired) electrons. The van der Waals surface area contributed by atoms with Gasteiger partial charge in [0.25, 0.3) is 0 Å². The zero-order chi connectivity index (χ0) is 10.3. The SMILES string of the molecule is O=C1c2ccsc2CCC1n1ccnc1. The van der Waals surface area contributed by atoms with E-state index < -0.39 is 0 Å². The second-order valence-corrected chi connectivity index (χ2v) is 4.69. The van der Waals surface area contributed by atoms with Crippen molar-refractivity contribution in [3.05, 3.63) is 40.6 Å². The topological polar surface area (TPSA) is 34.9 Å². The summed E-state index contributed by atoms with van der Waals surface area (Å²) < 4.78 is 1.91. The number of nitrogens with zero attached hydrogens (tertiary/aromatic N) is 2. The quantitative estimate of drug-likeness (QED) is 0.736. The van der Waals surface area contributed by atoms with Crippen LogP contribution in [0, 0.1) is 0 Å². The third-order valence-corrected chi connectivity index (χ3v) is 3.82. The number of thiophene rings is 1. The minimum atomic E-state index is -0.0467. The van der Waals surface area contributed by atoms with Gasteiger partial charge in [-0.15, -0.1) is 11.3 Å². The summed E-state index contributed by atoms with van der Waals surface area (Å²) in [5.41, 5.74) is 0.907. The van der Waals surface area contributed by atoms with Gasteiger partial charge in [0.15, 0.2) is 5.78 Å². The number of aromatic nitrogens is 2. The van der Waals surface area contributed by atoms with Gasteiger partial charge in [-0.3, -0.25) is 4.79 Å². The highest BCUT2D eigenvalue weighted by molar-refractivity contribution is 7.10. The molecule has 1 unspecified atom stereocenters. The van der Waals surface area contributed by atoms with Crippen molar-refractivity contribution in [1.29, 1.82) is 0 Å². The van der Waals surface area contributed by atoms with E-state index in [9.17, 15) is 4.79 Å². The van der Waals surface area contributed by atoms with Crippen LogP contribution in [0.25, 0.3) is 0 Å². The molecule has 2 aromatic heterocycles. The molecule has 2 heterocycles. The fraction of sp³-hybridized carbons (Fsp3) is 0.273. The molecule has 0 aliphatic heterocycles. The number of Topliss-reactive ketones (excluding diaryl/α,β-unsaturated/α-hetero) is 1. The highest BCUT2D eigenvalue weighted by Gasteiger charge is 2.28. The van der Waals surface area contributed by atoms with Crippen molar-refractivity contribution in [2.24, 2.45) is 0 Å². The highest BCUT2D eigenvalue weighted by atomic mass is 32.1. The third-order valence-electron chi connectivity index (χ3n) is 2.84. The molecular weight excluding hydrogens is 208 g/mol. The van der Waals surface area contributed by atoms with Gasteiger partial charge in [0.2, 0.25) is 0 Å². The van der Waals surface area contributed by atoms with Crippen LogP contribution in [-0.2, 0) is 6.42 Å². The van der Waals surface area contributed by atoms with Gasteiger partial charge in [0.05, 0.1) is 12.4 Å². The second-order valence-electron chi connectivity index (χ2n) is 3.69. The van der Waals surface area contributed by atoms with Crippen LogP contribution in [0.4, 0.5) is 0 Å². The summed E-state index contributed by atoms with van der Waals surface area (Å²) in [5.74, 6) is 0.232. The van der Waals surface area contributed by atoms with Crippen LogP contribution >= 0.6 is 11.3 Å². The fourth-order valence-corrected chi connectivity index (χ4v) is 2.97. The molecule has 0 saturated carbocycles. The standard InChI is InChI=1S/C11H10N2OS/c14-11-8-3-6-15-10(8)2-1-9(11)13-5-4-12-7-13/h3-7,9H,1-2H2. The summed E-state index contributed by atoms with van der Waals surface area (Å²) >= 11 is 1.68. The van der Waals surface area contributed by atoms with Gasteiger partial charge in [0.1, 0.15) is 0 Å². The minimum absolute atomic E-state index is 0.0467. The van der Waals surface area contributed by atoms with Crippen LogP contribution in [0.15, 0.2) is 30.2 Å². The van der Waals surface area contributed by atoms with Crippen molar-refractivity contribution in [3.63, 3.8) is 0 Å². The predicted molar refractivity (Wildman–Crippen MR) is 58.2 cm³/mol. The molecule has 3 rings (SSSR count). The number of aryl methyl sites for hydroxylation is 1. The Morgan fingerprint density at radius 2 is 2.47 bits per heavy atom. The summed E-state index contributed by atoms with van der Waals surface area (Å²) in [4.78, 5) is 17.4. The first-order valence-corrected chi connectivity index (χ1v) is 5.82. The summed E-state index contributed by atoms with van der Waals surface area (Å²) in [5, 5.41) is 2.00. The molecule has 15 heavy (non-hydrogen) atoms. The lowest BCUT2D eigenvalue weighted by molar-refractivity contribution is 0.0909. The second kappa shape index (κ2) is 3.31. The number of ketones is 1. The molecule has 0 saturated heterocycles. The third kappa shape index (κ3) is 1.33. The molecule has 2 aromatic rings. The van der Waals surface area contributed by atoms with E-state index in [1.54, 1.807) is 23.9 Å². The lowest BCUT2D eigenvalue weighted by atomic mass is 9.93. The summed E-state index contributed by atoms with van der Waals surface area (Å²) in [6.45, 7) is 0. The lowest BCUT2D eigenvalue weighted by Crippen LogP contribution is -2.23. The Morgan fingerprint density at radius 3 is 3.27 bits per heavy atom. The molecule has 0 amide bonds. The van der Waals surface area contributed by atoms with Crippen LogP contribution in [0.1, 0.15) is 27.7 Å². The Labute approximate surface area is 91.4 Å². The molecule has 0 spiro atoms. The number of imidazole rings is 1. The van der Waals surface area contributed by atoms with Crippen molar-refractivity contribution in [2.45, 2.75) is 18.9 Å². The van der Waals surface area contributed by atoms with Crippen molar-refractivity contribution in [2.75, 3.05) is 0 Å². The number of hydrogen-bond acceptors (Lipinski definition) is 3. The van der Waals surface area contributed by atoms with E-state index in [2.05, 4.69) is 4.98 Å². The van der Waals surface area contributed by atoms with Gasteiger partial charge in [-0.05, 0) is 24.3 Å².